The van der Waals surface area contributed by atoms with Gasteiger partial charge in [0.05, 0.1) is 31.2 Å². The summed E-state index contributed by atoms with van der Waals surface area (Å²) in [5, 5.41) is 11.2. The molecule has 0 radical (unpaired) electrons. The topological polar surface area (TPSA) is 61.7 Å². The third-order valence-corrected chi connectivity index (χ3v) is 7.26. The van der Waals surface area contributed by atoms with Crippen molar-refractivity contribution in [1.82, 2.24) is 14.9 Å². The molecule has 4 heterocycles. The minimum absolute atomic E-state index is 0.164. The second-order valence-corrected chi connectivity index (χ2v) is 9.04. The fourth-order valence-electron chi connectivity index (χ4n) is 4.52. The molecule has 0 bridgehead atoms. The van der Waals surface area contributed by atoms with Crippen molar-refractivity contribution in [2.24, 2.45) is 0 Å². The standard InChI is InChI=1S/C20H28N4O2S/c25-14-5-7-24(8-6-14)19-18-15-3-1-2-4-16(15)27-20(18)22-17(21-19)13-23-9-11-26-12-10-23/h14,25H,1-13H2. The van der Waals surface area contributed by atoms with E-state index in [4.69, 9.17) is 14.7 Å². The molecule has 0 spiro atoms. The van der Waals surface area contributed by atoms with E-state index in [1.54, 1.807) is 0 Å². The Morgan fingerprint density at radius 3 is 2.63 bits per heavy atom. The van der Waals surface area contributed by atoms with E-state index >= 15 is 0 Å². The lowest BCUT2D eigenvalue weighted by atomic mass is 9.96. The average molecular weight is 389 g/mol. The Hall–Kier alpha value is -1.28. The van der Waals surface area contributed by atoms with E-state index in [1.807, 2.05) is 11.3 Å². The number of morpholine rings is 1. The van der Waals surface area contributed by atoms with Gasteiger partial charge in [-0.05, 0) is 44.1 Å². The minimum atomic E-state index is -0.164. The molecule has 5 rings (SSSR count). The second kappa shape index (κ2) is 7.62. The molecule has 0 amide bonds. The summed E-state index contributed by atoms with van der Waals surface area (Å²) in [6, 6.07) is 0. The van der Waals surface area contributed by atoms with Gasteiger partial charge >= 0.3 is 0 Å². The van der Waals surface area contributed by atoms with Crippen LogP contribution in [0.4, 0.5) is 5.82 Å². The van der Waals surface area contributed by atoms with Crippen LogP contribution in [-0.4, -0.2) is 65.5 Å². The molecular weight excluding hydrogens is 360 g/mol. The lowest BCUT2D eigenvalue weighted by Crippen LogP contribution is -2.38. The zero-order chi connectivity index (χ0) is 18.2. The molecule has 1 aliphatic carbocycles. The number of aliphatic hydroxyl groups excluding tert-OH is 1. The van der Waals surface area contributed by atoms with Crippen LogP contribution in [0.25, 0.3) is 10.2 Å². The predicted octanol–water partition coefficient (Wildman–Crippen LogP) is 2.36. The van der Waals surface area contributed by atoms with Gasteiger partial charge in [0.25, 0.3) is 0 Å². The highest BCUT2D eigenvalue weighted by atomic mass is 32.1. The molecule has 0 atom stereocenters. The Morgan fingerprint density at radius 1 is 1.04 bits per heavy atom. The van der Waals surface area contributed by atoms with Gasteiger partial charge in [0.1, 0.15) is 16.5 Å². The van der Waals surface area contributed by atoms with Crippen LogP contribution in [0.5, 0.6) is 0 Å². The van der Waals surface area contributed by atoms with Gasteiger partial charge in [-0.1, -0.05) is 0 Å². The van der Waals surface area contributed by atoms with Crippen LogP contribution < -0.4 is 4.90 Å². The molecule has 6 nitrogen and oxygen atoms in total. The SMILES string of the molecule is OC1CCN(c2nc(CN3CCOCC3)nc3sc4c(c23)CCCC4)CC1. The number of rotatable bonds is 3. The van der Waals surface area contributed by atoms with Gasteiger partial charge in [-0.2, -0.15) is 0 Å². The van der Waals surface area contributed by atoms with Crippen LogP contribution in [0.1, 0.15) is 41.9 Å². The number of aryl methyl sites for hydroxylation is 2. The molecular formula is C20H28N4O2S. The monoisotopic (exact) mass is 388 g/mol. The van der Waals surface area contributed by atoms with Crippen molar-refractivity contribution in [3.8, 4) is 0 Å². The molecule has 1 N–H and O–H groups in total. The maximum atomic E-state index is 9.93. The number of nitrogens with zero attached hydrogens (tertiary/aromatic N) is 4. The van der Waals surface area contributed by atoms with E-state index < -0.39 is 0 Å². The number of aromatic nitrogens is 2. The summed E-state index contributed by atoms with van der Waals surface area (Å²) in [5.41, 5.74) is 1.50. The highest BCUT2D eigenvalue weighted by Gasteiger charge is 2.26. The zero-order valence-corrected chi connectivity index (χ0v) is 16.6. The predicted molar refractivity (Wildman–Crippen MR) is 108 cm³/mol. The molecule has 0 unspecified atom stereocenters. The lowest BCUT2D eigenvalue weighted by molar-refractivity contribution is 0.0331. The molecule has 2 fully saturated rings. The lowest BCUT2D eigenvalue weighted by Gasteiger charge is -2.32. The Balaban J connectivity index is 1.54. The van der Waals surface area contributed by atoms with Crippen LogP contribution in [0.2, 0.25) is 0 Å². The van der Waals surface area contributed by atoms with Crippen molar-refractivity contribution in [1.29, 1.82) is 0 Å². The van der Waals surface area contributed by atoms with E-state index in [2.05, 4.69) is 9.80 Å². The van der Waals surface area contributed by atoms with Crippen LogP contribution in [0.15, 0.2) is 0 Å². The first kappa shape index (κ1) is 17.8. The number of thiophene rings is 1. The van der Waals surface area contributed by atoms with Crippen LogP contribution in [0, 0.1) is 0 Å². The number of piperidine rings is 1. The first-order chi connectivity index (χ1) is 13.3. The van der Waals surface area contributed by atoms with Gasteiger partial charge in [-0.15, -0.1) is 11.3 Å². The normalized spacial score (nSPS) is 22.3. The Labute approximate surface area is 164 Å². The number of aliphatic hydroxyl groups is 1. The van der Waals surface area contributed by atoms with Gasteiger partial charge in [-0.3, -0.25) is 4.90 Å². The summed E-state index contributed by atoms with van der Waals surface area (Å²) in [6.45, 7) is 6.06. The molecule has 0 aromatic carbocycles. The second-order valence-electron chi connectivity index (χ2n) is 7.96. The molecule has 2 aromatic rings. The highest BCUT2D eigenvalue weighted by molar-refractivity contribution is 7.19. The first-order valence-electron chi connectivity index (χ1n) is 10.3. The number of fused-ring (bicyclic) bond motifs is 3. The van der Waals surface area contributed by atoms with Crippen molar-refractivity contribution >= 4 is 27.4 Å². The summed E-state index contributed by atoms with van der Waals surface area (Å²) in [6.07, 6.45) is 6.40. The quantitative estimate of drug-likeness (QED) is 0.871. The Kier molecular flexibility index (Phi) is 5.02. The molecule has 3 aliphatic rings. The summed E-state index contributed by atoms with van der Waals surface area (Å²) >= 11 is 1.88. The molecule has 0 saturated carbocycles. The number of ether oxygens (including phenoxy) is 1. The highest BCUT2D eigenvalue weighted by Crippen LogP contribution is 2.40. The van der Waals surface area contributed by atoms with Crippen molar-refractivity contribution in [3.05, 3.63) is 16.3 Å². The average Bonchev–Trinajstić information content (AvgIpc) is 3.07. The van der Waals surface area contributed by atoms with Gasteiger partial charge < -0.3 is 14.7 Å². The third kappa shape index (κ3) is 3.58. The molecule has 27 heavy (non-hydrogen) atoms. The van der Waals surface area contributed by atoms with Crippen molar-refractivity contribution in [3.63, 3.8) is 0 Å². The van der Waals surface area contributed by atoms with Crippen LogP contribution in [-0.2, 0) is 24.1 Å². The molecule has 2 aliphatic heterocycles. The van der Waals surface area contributed by atoms with Crippen LogP contribution in [0.3, 0.4) is 0 Å². The van der Waals surface area contributed by atoms with E-state index in [-0.39, 0.29) is 6.10 Å². The summed E-state index contributed by atoms with van der Waals surface area (Å²) in [7, 11) is 0. The van der Waals surface area contributed by atoms with E-state index in [0.717, 1.165) is 76.8 Å². The fourth-order valence-corrected chi connectivity index (χ4v) is 5.79. The van der Waals surface area contributed by atoms with Gasteiger partial charge in [0.15, 0.2) is 0 Å². The zero-order valence-electron chi connectivity index (χ0n) is 15.8. The van der Waals surface area contributed by atoms with Crippen molar-refractivity contribution < 1.29 is 9.84 Å². The van der Waals surface area contributed by atoms with Crippen LogP contribution >= 0.6 is 11.3 Å². The molecule has 2 aromatic heterocycles. The summed E-state index contributed by atoms with van der Waals surface area (Å²) in [5.74, 6) is 2.05. The molecule has 146 valence electrons. The Morgan fingerprint density at radius 2 is 1.81 bits per heavy atom. The smallest absolute Gasteiger partial charge is 0.146 e. The van der Waals surface area contributed by atoms with E-state index in [0.29, 0.717) is 0 Å². The maximum absolute atomic E-state index is 9.93. The maximum Gasteiger partial charge on any atom is 0.146 e. The summed E-state index contributed by atoms with van der Waals surface area (Å²) < 4.78 is 5.48. The first-order valence-corrected chi connectivity index (χ1v) is 11.1. The number of hydrogen-bond donors (Lipinski definition) is 1. The van der Waals surface area contributed by atoms with Gasteiger partial charge in [0.2, 0.25) is 0 Å². The number of hydrogen-bond acceptors (Lipinski definition) is 7. The minimum Gasteiger partial charge on any atom is -0.393 e. The molecule has 7 heteroatoms. The molecule has 2 saturated heterocycles. The summed E-state index contributed by atoms with van der Waals surface area (Å²) in [4.78, 5) is 17.5. The van der Waals surface area contributed by atoms with Gasteiger partial charge in [-0.25, -0.2) is 9.97 Å². The largest absolute Gasteiger partial charge is 0.393 e. The number of anilines is 1. The third-order valence-electron chi connectivity index (χ3n) is 6.07. The fraction of sp³-hybridized carbons (Fsp3) is 0.700. The van der Waals surface area contributed by atoms with E-state index in [1.165, 1.54) is 39.9 Å². The van der Waals surface area contributed by atoms with Crippen molar-refractivity contribution in [2.45, 2.75) is 51.2 Å². The Bertz CT molecular complexity index is 810. The van der Waals surface area contributed by atoms with E-state index in [9.17, 15) is 5.11 Å². The van der Waals surface area contributed by atoms with Gasteiger partial charge in [0, 0.05) is 31.1 Å². The van der Waals surface area contributed by atoms with Crippen molar-refractivity contribution in [2.75, 3.05) is 44.3 Å².